The lowest BCUT2D eigenvalue weighted by atomic mass is 9.47. The SMILES string of the molecule is CN1CCN(c2ccc(Cc3ccccc3C34CC5CC(CC(C5)C3)C4)cc2)CC1. The van der Waals surface area contributed by atoms with Gasteiger partial charge in [0.05, 0.1) is 0 Å². The molecule has 158 valence electrons. The molecule has 4 saturated carbocycles. The molecule has 4 bridgehead atoms. The zero-order valence-electron chi connectivity index (χ0n) is 18.5. The van der Waals surface area contributed by atoms with Gasteiger partial charge in [0.25, 0.3) is 0 Å². The number of hydrogen-bond acceptors (Lipinski definition) is 2. The Hall–Kier alpha value is -1.80. The molecule has 30 heavy (non-hydrogen) atoms. The molecule has 5 fully saturated rings. The number of piperazine rings is 1. The Bertz CT molecular complexity index is 856. The van der Waals surface area contributed by atoms with E-state index >= 15 is 0 Å². The van der Waals surface area contributed by atoms with Crippen LogP contribution in [0.2, 0.25) is 0 Å². The molecule has 5 aliphatic rings. The molecule has 7 rings (SSSR count). The first-order valence-corrected chi connectivity index (χ1v) is 12.3. The van der Waals surface area contributed by atoms with Crippen molar-refractivity contribution in [3.63, 3.8) is 0 Å². The summed E-state index contributed by atoms with van der Waals surface area (Å²) >= 11 is 0. The minimum atomic E-state index is 0.491. The van der Waals surface area contributed by atoms with Crippen LogP contribution in [-0.2, 0) is 11.8 Å². The summed E-state index contributed by atoms with van der Waals surface area (Å²) < 4.78 is 0. The minimum Gasteiger partial charge on any atom is -0.369 e. The smallest absolute Gasteiger partial charge is 0.0367 e. The Balaban J connectivity index is 1.23. The molecule has 0 atom stereocenters. The van der Waals surface area contributed by atoms with Gasteiger partial charge in [0.15, 0.2) is 0 Å². The van der Waals surface area contributed by atoms with Gasteiger partial charge in [-0.25, -0.2) is 0 Å². The first kappa shape index (κ1) is 18.9. The van der Waals surface area contributed by atoms with E-state index in [1.54, 1.807) is 11.1 Å². The van der Waals surface area contributed by atoms with Crippen LogP contribution in [0.1, 0.15) is 55.2 Å². The van der Waals surface area contributed by atoms with Crippen LogP contribution in [-0.4, -0.2) is 38.1 Å². The van der Waals surface area contributed by atoms with Gasteiger partial charge < -0.3 is 9.80 Å². The third-order valence-electron chi connectivity index (χ3n) is 8.83. The zero-order valence-corrected chi connectivity index (χ0v) is 18.5. The number of rotatable bonds is 4. The minimum absolute atomic E-state index is 0.491. The first-order chi connectivity index (χ1) is 14.7. The highest BCUT2D eigenvalue weighted by molar-refractivity contribution is 5.49. The van der Waals surface area contributed by atoms with E-state index in [0.29, 0.717) is 5.41 Å². The topological polar surface area (TPSA) is 6.48 Å². The maximum atomic E-state index is 2.53. The van der Waals surface area contributed by atoms with Crippen LogP contribution in [0.4, 0.5) is 5.69 Å². The van der Waals surface area contributed by atoms with Gasteiger partial charge in [-0.2, -0.15) is 0 Å². The summed E-state index contributed by atoms with van der Waals surface area (Å²) in [6.45, 7) is 4.62. The number of benzene rings is 2. The van der Waals surface area contributed by atoms with Crippen molar-refractivity contribution < 1.29 is 0 Å². The molecule has 2 nitrogen and oxygen atoms in total. The Kier molecular flexibility index (Phi) is 4.67. The molecule has 2 heteroatoms. The number of anilines is 1. The standard InChI is InChI=1S/C28H36N2/c1-29-10-12-30(13-11-29)26-8-6-21(7-9-26)17-25-4-2-3-5-27(25)28-18-22-14-23(19-28)16-24(15-22)20-28/h2-9,22-24H,10-20H2,1H3. The van der Waals surface area contributed by atoms with Gasteiger partial charge in [0, 0.05) is 31.9 Å². The van der Waals surface area contributed by atoms with E-state index in [-0.39, 0.29) is 0 Å². The van der Waals surface area contributed by atoms with Crippen LogP contribution < -0.4 is 4.90 Å². The summed E-state index contributed by atoms with van der Waals surface area (Å²) in [5, 5.41) is 0. The van der Waals surface area contributed by atoms with Crippen LogP contribution in [0, 0.1) is 17.8 Å². The molecule has 2 aromatic carbocycles. The first-order valence-electron chi connectivity index (χ1n) is 12.3. The van der Waals surface area contributed by atoms with Gasteiger partial charge in [0.2, 0.25) is 0 Å². The molecule has 1 heterocycles. The van der Waals surface area contributed by atoms with Gasteiger partial charge >= 0.3 is 0 Å². The summed E-state index contributed by atoms with van der Waals surface area (Å²) in [5.41, 5.74) is 6.63. The average molecular weight is 401 g/mol. The highest BCUT2D eigenvalue weighted by atomic mass is 15.2. The van der Waals surface area contributed by atoms with Crippen molar-refractivity contribution in [3.05, 3.63) is 65.2 Å². The van der Waals surface area contributed by atoms with Gasteiger partial charge in [-0.1, -0.05) is 36.4 Å². The van der Waals surface area contributed by atoms with E-state index in [9.17, 15) is 0 Å². The number of likely N-dealkylation sites (N-methyl/N-ethyl adjacent to an activating group) is 1. The molecular formula is C28H36N2. The fourth-order valence-corrected chi connectivity index (χ4v) is 7.74. The second kappa shape index (κ2) is 7.41. The molecule has 0 radical (unpaired) electrons. The third kappa shape index (κ3) is 3.38. The fourth-order valence-electron chi connectivity index (χ4n) is 7.74. The van der Waals surface area contributed by atoms with Crippen LogP contribution in [0.15, 0.2) is 48.5 Å². The van der Waals surface area contributed by atoms with Crippen LogP contribution in [0.5, 0.6) is 0 Å². The third-order valence-corrected chi connectivity index (χ3v) is 8.83. The van der Waals surface area contributed by atoms with Crippen molar-refractivity contribution in [3.8, 4) is 0 Å². The highest BCUT2D eigenvalue weighted by Gasteiger charge is 2.52. The molecule has 1 aliphatic heterocycles. The summed E-state index contributed by atoms with van der Waals surface area (Å²) in [4.78, 5) is 4.96. The molecular weight excluding hydrogens is 364 g/mol. The monoisotopic (exact) mass is 400 g/mol. The summed E-state index contributed by atoms with van der Waals surface area (Å²) in [6, 6.07) is 18.9. The maximum absolute atomic E-state index is 2.53. The van der Waals surface area contributed by atoms with Crippen LogP contribution in [0.25, 0.3) is 0 Å². The largest absolute Gasteiger partial charge is 0.369 e. The number of nitrogens with zero attached hydrogens (tertiary/aromatic N) is 2. The Morgan fingerprint density at radius 1 is 0.767 bits per heavy atom. The highest BCUT2D eigenvalue weighted by Crippen LogP contribution is 2.61. The Morgan fingerprint density at radius 2 is 1.37 bits per heavy atom. The van der Waals surface area contributed by atoms with Gasteiger partial charge in [-0.3, -0.25) is 0 Å². The molecule has 0 spiro atoms. The van der Waals surface area contributed by atoms with Crippen molar-refractivity contribution in [2.75, 3.05) is 38.1 Å². The molecule has 4 aliphatic carbocycles. The second-order valence-corrected chi connectivity index (χ2v) is 11.0. The van der Waals surface area contributed by atoms with Crippen LogP contribution in [0.3, 0.4) is 0 Å². The lowest BCUT2D eigenvalue weighted by Gasteiger charge is -2.57. The lowest BCUT2D eigenvalue weighted by molar-refractivity contribution is -0.00553. The summed E-state index contributed by atoms with van der Waals surface area (Å²) in [6.07, 6.45) is 10.0. The fraction of sp³-hybridized carbons (Fsp3) is 0.571. The van der Waals surface area contributed by atoms with Crippen molar-refractivity contribution in [1.29, 1.82) is 0 Å². The van der Waals surface area contributed by atoms with Gasteiger partial charge in [-0.05, 0) is 104 Å². The molecule has 0 aromatic heterocycles. The van der Waals surface area contributed by atoms with E-state index in [4.69, 9.17) is 0 Å². The Labute approximate surface area is 182 Å². The van der Waals surface area contributed by atoms with E-state index in [1.807, 2.05) is 0 Å². The molecule has 1 saturated heterocycles. The predicted molar refractivity (Wildman–Crippen MR) is 125 cm³/mol. The number of hydrogen-bond donors (Lipinski definition) is 0. The predicted octanol–water partition coefficient (Wildman–Crippen LogP) is 5.50. The molecule has 0 unspecified atom stereocenters. The summed E-state index contributed by atoms with van der Waals surface area (Å²) in [5.74, 6) is 3.02. The zero-order chi connectivity index (χ0) is 20.1. The van der Waals surface area contributed by atoms with E-state index < -0.39 is 0 Å². The second-order valence-electron chi connectivity index (χ2n) is 11.0. The van der Waals surface area contributed by atoms with Crippen molar-refractivity contribution in [2.24, 2.45) is 17.8 Å². The van der Waals surface area contributed by atoms with Gasteiger partial charge in [0.1, 0.15) is 0 Å². The quantitative estimate of drug-likeness (QED) is 0.669. The lowest BCUT2D eigenvalue weighted by Crippen LogP contribution is -2.48. The summed E-state index contributed by atoms with van der Waals surface area (Å²) in [7, 11) is 2.22. The van der Waals surface area contributed by atoms with Crippen molar-refractivity contribution >= 4 is 5.69 Å². The molecule has 0 N–H and O–H groups in total. The average Bonchev–Trinajstić information content (AvgIpc) is 2.74. The maximum Gasteiger partial charge on any atom is 0.0367 e. The normalized spacial score (nSPS) is 33.2. The van der Waals surface area contributed by atoms with E-state index in [2.05, 4.69) is 65.4 Å². The van der Waals surface area contributed by atoms with E-state index in [1.165, 1.54) is 62.9 Å². The van der Waals surface area contributed by atoms with E-state index in [0.717, 1.165) is 37.3 Å². The molecule has 0 amide bonds. The van der Waals surface area contributed by atoms with Crippen LogP contribution >= 0.6 is 0 Å². The molecule has 2 aromatic rings. The van der Waals surface area contributed by atoms with Crippen molar-refractivity contribution in [1.82, 2.24) is 4.90 Å². The van der Waals surface area contributed by atoms with Gasteiger partial charge in [-0.15, -0.1) is 0 Å². The Morgan fingerprint density at radius 3 is 2.00 bits per heavy atom. The van der Waals surface area contributed by atoms with Crippen molar-refractivity contribution in [2.45, 2.75) is 50.4 Å².